The third kappa shape index (κ3) is 4.11. The number of fused-ring (bicyclic) bond motifs is 1. The molecule has 0 saturated heterocycles. The molecular formula is C18H19Cl2NO2. The van der Waals surface area contributed by atoms with Crippen molar-refractivity contribution in [2.45, 2.75) is 32.6 Å². The summed E-state index contributed by atoms with van der Waals surface area (Å²) in [5.74, 6) is 1.02. The second kappa shape index (κ2) is 6.60. The van der Waals surface area contributed by atoms with E-state index < -0.39 is 5.79 Å². The number of ether oxygens (including phenoxy) is 2. The van der Waals surface area contributed by atoms with Crippen LogP contribution in [-0.4, -0.2) is 12.3 Å². The number of benzene rings is 2. The average Bonchev–Trinajstić information content (AvgIpc) is 2.80. The molecular weight excluding hydrogens is 333 g/mol. The minimum Gasteiger partial charge on any atom is -0.449 e. The Balaban J connectivity index is 1.51. The van der Waals surface area contributed by atoms with Gasteiger partial charge in [0.25, 0.3) is 0 Å². The zero-order valence-electron chi connectivity index (χ0n) is 13.2. The maximum absolute atomic E-state index is 6.02. The summed E-state index contributed by atoms with van der Waals surface area (Å²) in [6.07, 6.45) is 0.897. The summed E-state index contributed by atoms with van der Waals surface area (Å²) < 4.78 is 11.4. The molecule has 3 rings (SSSR count). The van der Waals surface area contributed by atoms with Crippen molar-refractivity contribution >= 4 is 23.2 Å². The van der Waals surface area contributed by atoms with Gasteiger partial charge in [-0.1, -0.05) is 35.3 Å². The fourth-order valence-electron chi connectivity index (χ4n) is 2.54. The van der Waals surface area contributed by atoms with E-state index in [1.54, 1.807) is 0 Å². The Morgan fingerprint density at radius 1 is 0.913 bits per heavy atom. The Labute approximate surface area is 146 Å². The molecule has 0 saturated carbocycles. The first kappa shape index (κ1) is 16.4. The standard InChI is InChI=1S/C18H19Cl2NO2/c1-18(2)22-16-6-4-13(10-17(16)23-18)11-21-8-7-12-3-5-14(19)15(20)9-12/h3-6,9-10,21H,7-8,11H2,1-2H3. The molecule has 5 heteroatoms. The highest BCUT2D eigenvalue weighted by Crippen LogP contribution is 2.39. The van der Waals surface area contributed by atoms with Gasteiger partial charge in [-0.25, -0.2) is 0 Å². The lowest BCUT2D eigenvalue weighted by molar-refractivity contribution is -0.0431. The number of hydrogen-bond donors (Lipinski definition) is 1. The normalized spacial score (nSPS) is 15.0. The molecule has 0 aromatic heterocycles. The molecule has 2 aromatic carbocycles. The van der Waals surface area contributed by atoms with Gasteiger partial charge in [0.05, 0.1) is 10.0 Å². The molecule has 1 aliphatic heterocycles. The van der Waals surface area contributed by atoms with Crippen LogP contribution in [0.5, 0.6) is 11.5 Å². The number of halogens is 2. The van der Waals surface area contributed by atoms with Crippen LogP contribution in [0, 0.1) is 0 Å². The highest BCUT2D eigenvalue weighted by atomic mass is 35.5. The van der Waals surface area contributed by atoms with Crippen LogP contribution in [0.15, 0.2) is 36.4 Å². The van der Waals surface area contributed by atoms with Gasteiger partial charge in [0.1, 0.15) is 0 Å². The van der Waals surface area contributed by atoms with Gasteiger partial charge in [-0.2, -0.15) is 0 Å². The van der Waals surface area contributed by atoms with Gasteiger partial charge in [0.15, 0.2) is 11.5 Å². The quantitative estimate of drug-likeness (QED) is 0.782. The van der Waals surface area contributed by atoms with Crippen LogP contribution in [0.1, 0.15) is 25.0 Å². The summed E-state index contributed by atoms with van der Waals surface area (Å²) in [5.41, 5.74) is 2.33. The fraction of sp³-hybridized carbons (Fsp3) is 0.333. The Bertz CT molecular complexity index is 716. The second-order valence-electron chi connectivity index (χ2n) is 6.06. The maximum atomic E-state index is 6.02. The van der Waals surface area contributed by atoms with Crippen LogP contribution < -0.4 is 14.8 Å². The van der Waals surface area contributed by atoms with Crippen LogP contribution in [0.4, 0.5) is 0 Å². The molecule has 0 spiro atoms. The van der Waals surface area contributed by atoms with Gasteiger partial charge < -0.3 is 14.8 Å². The minimum absolute atomic E-state index is 0.581. The van der Waals surface area contributed by atoms with Crippen molar-refractivity contribution in [3.05, 3.63) is 57.6 Å². The molecule has 0 radical (unpaired) electrons. The summed E-state index contributed by atoms with van der Waals surface area (Å²) in [4.78, 5) is 0. The van der Waals surface area contributed by atoms with E-state index in [1.807, 2.05) is 44.2 Å². The van der Waals surface area contributed by atoms with Crippen molar-refractivity contribution in [1.29, 1.82) is 0 Å². The third-order valence-corrected chi connectivity index (χ3v) is 4.36. The van der Waals surface area contributed by atoms with Crippen LogP contribution in [0.25, 0.3) is 0 Å². The topological polar surface area (TPSA) is 30.5 Å². The van der Waals surface area contributed by atoms with Gasteiger partial charge >= 0.3 is 0 Å². The van der Waals surface area contributed by atoms with Gasteiger partial charge in [-0.05, 0) is 48.4 Å². The molecule has 3 nitrogen and oxygen atoms in total. The van der Waals surface area contributed by atoms with Crippen molar-refractivity contribution in [1.82, 2.24) is 5.32 Å². The van der Waals surface area contributed by atoms with Crippen LogP contribution in [0.2, 0.25) is 10.0 Å². The molecule has 0 amide bonds. The van der Waals surface area contributed by atoms with E-state index in [0.29, 0.717) is 10.0 Å². The predicted octanol–water partition coefficient (Wildman–Crippen LogP) is 4.83. The summed E-state index contributed by atoms with van der Waals surface area (Å²) in [7, 11) is 0. The van der Waals surface area contributed by atoms with Crippen LogP contribution in [0.3, 0.4) is 0 Å². The smallest absolute Gasteiger partial charge is 0.246 e. The molecule has 0 fully saturated rings. The van der Waals surface area contributed by atoms with Crippen molar-refractivity contribution in [3.8, 4) is 11.5 Å². The molecule has 23 heavy (non-hydrogen) atoms. The molecule has 1 heterocycles. The Kier molecular flexibility index (Phi) is 4.72. The second-order valence-corrected chi connectivity index (χ2v) is 6.87. The van der Waals surface area contributed by atoms with Crippen molar-refractivity contribution in [2.24, 2.45) is 0 Å². The lowest BCUT2D eigenvalue weighted by Crippen LogP contribution is -2.29. The Morgan fingerprint density at radius 2 is 1.65 bits per heavy atom. The van der Waals surface area contributed by atoms with E-state index in [1.165, 1.54) is 11.1 Å². The zero-order valence-corrected chi connectivity index (χ0v) is 14.7. The van der Waals surface area contributed by atoms with Crippen LogP contribution >= 0.6 is 23.2 Å². The predicted molar refractivity (Wildman–Crippen MR) is 93.6 cm³/mol. The first-order valence-electron chi connectivity index (χ1n) is 7.58. The summed E-state index contributed by atoms with van der Waals surface area (Å²) in [6.45, 7) is 5.45. The highest BCUT2D eigenvalue weighted by Gasteiger charge is 2.31. The van der Waals surface area contributed by atoms with Crippen molar-refractivity contribution < 1.29 is 9.47 Å². The lowest BCUT2D eigenvalue weighted by Gasteiger charge is -2.16. The molecule has 0 unspecified atom stereocenters. The van der Waals surface area contributed by atoms with E-state index >= 15 is 0 Å². The van der Waals surface area contributed by atoms with E-state index in [4.69, 9.17) is 32.7 Å². The van der Waals surface area contributed by atoms with Gasteiger partial charge in [-0.15, -0.1) is 0 Å². The van der Waals surface area contributed by atoms with Crippen molar-refractivity contribution in [2.75, 3.05) is 6.54 Å². The molecule has 1 N–H and O–H groups in total. The van der Waals surface area contributed by atoms with E-state index in [-0.39, 0.29) is 0 Å². The molecule has 1 aliphatic rings. The Hall–Kier alpha value is -1.42. The van der Waals surface area contributed by atoms with Gasteiger partial charge in [0.2, 0.25) is 5.79 Å². The largest absolute Gasteiger partial charge is 0.449 e. The SMILES string of the molecule is CC1(C)Oc2ccc(CNCCc3ccc(Cl)c(Cl)c3)cc2O1. The monoisotopic (exact) mass is 351 g/mol. The summed E-state index contributed by atoms with van der Waals surface area (Å²) in [5, 5.41) is 4.61. The van der Waals surface area contributed by atoms with E-state index in [0.717, 1.165) is 31.0 Å². The molecule has 122 valence electrons. The fourth-order valence-corrected chi connectivity index (χ4v) is 2.86. The summed E-state index contributed by atoms with van der Waals surface area (Å²) >= 11 is 11.9. The van der Waals surface area contributed by atoms with Gasteiger partial charge in [0, 0.05) is 20.4 Å². The molecule has 0 aliphatic carbocycles. The first-order valence-corrected chi connectivity index (χ1v) is 8.34. The lowest BCUT2D eigenvalue weighted by atomic mass is 10.1. The minimum atomic E-state index is -0.581. The molecule has 0 bridgehead atoms. The van der Waals surface area contributed by atoms with Crippen molar-refractivity contribution in [3.63, 3.8) is 0 Å². The zero-order chi connectivity index (χ0) is 16.4. The number of nitrogens with one attached hydrogen (secondary N) is 1. The number of rotatable bonds is 5. The molecule has 0 atom stereocenters. The van der Waals surface area contributed by atoms with Crippen LogP contribution in [-0.2, 0) is 13.0 Å². The molecule has 2 aromatic rings. The number of hydrogen-bond acceptors (Lipinski definition) is 3. The Morgan fingerprint density at radius 3 is 2.43 bits per heavy atom. The summed E-state index contributed by atoms with van der Waals surface area (Å²) in [6, 6.07) is 11.8. The highest BCUT2D eigenvalue weighted by molar-refractivity contribution is 6.42. The van der Waals surface area contributed by atoms with E-state index in [9.17, 15) is 0 Å². The van der Waals surface area contributed by atoms with E-state index in [2.05, 4.69) is 11.4 Å². The third-order valence-electron chi connectivity index (χ3n) is 3.62. The average molecular weight is 352 g/mol. The first-order chi connectivity index (χ1) is 10.9. The van der Waals surface area contributed by atoms with Gasteiger partial charge in [-0.3, -0.25) is 0 Å². The maximum Gasteiger partial charge on any atom is 0.246 e.